The normalized spacial score (nSPS) is 16.0. The monoisotopic (exact) mass is 282 g/mol. The Morgan fingerprint density at radius 1 is 1.25 bits per heavy atom. The Morgan fingerprint density at radius 3 is 2.65 bits per heavy atom. The molecule has 1 aliphatic carbocycles. The first-order valence-electron chi connectivity index (χ1n) is 7.06. The Morgan fingerprint density at radius 2 is 2.05 bits per heavy atom. The van der Waals surface area contributed by atoms with Gasteiger partial charge < -0.3 is 0 Å². The highest BCUT2D eigenvalue weighted by Crippen LogP contribution is 2.31. The molecule has 2 aromatic rings. The molecule has 102 valence electrons. The zero-order chi connectivity index (χ0) is 13.8. The second kappa shape index (κ2) is 6.21. The summed E-state index contributed by atoms with van der Waals surface area (Å²) in [4.78, 5) is 2.48. The second-order valence-corrected chi connectivity index (χ2v) is 6.16. The third-order valence-corrected chi connectivity index (χ3v) is 4.54. The summed E-state index contributed by atoms with van der Waals surface area (Å²) in [5.41, 5.74) is 2.50. The minimum Gasteiger partial charge on any atom is -0.294 e. The van der Waals surface area contributed by atoms with Crippen LogP contribution in [0.15, 0.2) is 47.2 Å². The Hall–Kier alpha value is -1.63. The molecular weight excluding hydrogens is 264 g/mol. The molecule has 0 aliphatic heterocycles. The summed E-state index contributed by atoms with van der Waals surface area (Å²) >= 11 is 1.74. The quantitative estimate of drug-likeness (QED) is 0.800. The van der Waals surface area contributed by atoms with E-state index in [1.165, 1.54) is 18.4 Å². The first kappa shape index (κ1) is 13.4. The van der Waals surface area contributed by atoms with Crippen molar-refractivity contribution in [2.75, 3.05) is 6.54 Å². The maximum absolute atomic E-state index is 9.48. The lowest BCUT2D eigenvalue weighted by atomic mass is 10.00. The topological polar surface area (TPSA) is 27.0 Å². The van der Waals surface area contributed by atoms with Crippen molar-refractivity contribution in [1.82, 2.24) is 4.90 Å². The molecule has 0 N–H and O–H groups in total. The summed E-state index contributed by atoms with van der Waals surface area (Å²) in [6.07, 6.45) is 2.55. The molecule has 0 saturated heterocycles. The van der Waals surface area contributed by atoms with E-state index in [-0.39, 0.29) is 5.92 Å². The van der Waals surface area contributed by atoms with Crippen LogP contribution < -0.4 is 0 Å². The lowest BCUT2D eigenvalue weighted by Gasteiger charge is -2.24. The summed E-state index contributed by atoms with van der Waals surface area (Å²) in [6, 6.07) is 15.5. The fourth-order valence-corrected chi connectivity index (χ4v) is 3.20. The highest BCUT2D eigenvalue weighted by Gasteiger charge is 2.31. The van der Waals surface area contributed by atoms with Crippen molar-refractivity contribution in [1.29, 1.82) is 5.26 Å². The minimum absolute atomic E-state index is 0.0320. The lowest BCUT2D eigenvalue weighted by molar-refractivity contribution is 0.250. The van der Waals surface area contributed by atoms with Gasteiger partial charge >= 0.3 is 0 Å². The van der Waals surface area contributed by atoms with Gasteiger partial charge in [-0.3, -0.25) is 4.90 Å². The van der Waals surface area contributed by atoms with Crippen molar-refractivity contribution in [3.8, 4) is 6.07 Å². The van der Waals surface area contributed by atoms with Gasteiger partial charge in [0.25, 0.3) is 0 Å². The Labute approximate surface area is 124 Å². The van der Waals surface area contributed by atoms with E-state index in [2.05, 4.69) is 39.9 Å². The predicted octanol–water partition coefficient (Wildman–Crippen LogP) is 4.02. The van der Waals surface area contributed by atoms with E-state index in [0.717, 1.165) is 18.7 Å². The molecule has 3 rings (SSSR count). The van der Waals surface area contributed by atoms with Gasteiger partial charge in [-0.1, -0.05) is 30.3 Å². The van der Waals surface area contributed by atoms with Crippen molar-refractivity contribution in [3.05, 3.63) is 58.3 Å². The third-order valence-electron chi connectivity index (χ3n) is 3.80. The number of hydrogen-bond acceptors (Lipinski definition) is 3. The fourth-order valence-electron chi connectivity index (χ4n) is 2.54. The van der Waals surface area contributed by atoms with Gasteiger partial charge in [0.1, 0.15) is 0 Å². The van der Waals surface area contributed by atoms with Crippen LogP contribution in [0.4, 0.5) is 0 Å². The average molecular weight is 282 g/mol. The van der Waals surface area contributed by atoms with Crippen molar-refractivity contribution in [2.24, 2.45) is 0 Å². The van der Waals surface area contributed by atoms with Gasteiger partial charge in [0, 0.05) is 19.1 Å². The van der Waals surface area contributed by atoms with E-state index in [1.807, 2.05) is 18.2 Å². The van der Waals surface area contributed by atoms with Gasteiger partial charge in [0.15, 0.2) is 0 Å². The van der Waals surface area contributed by atoms with Gasteiger partial charge in [-0.05, 0) is 40.8 Å². The molecule has 1 saturated carbocycles. The molecule has 0 radical (unpaired) electrons. The zero-order valence-electron chi connectivity index (χ0n) is 11.4. The molecule has 20 heavy (non-hydrogen) atoms. The highest BCUT2D eigenvalue weighted by molar-refractivity contribution is 7.07. The standard InChI is InChI=1S/C17H18N2S/c18-10-16(15-4-2-1-3-5-15)12-19(17-6-7-17)11-14-8-9-20-13-14/h1-5,8-9,13,16-17H,6-7,11-12H2. The number of rotatable bonds is 6. The number of thiophene rings is 1. The summed E-state index contributed by atoms with van der Waals surface area (Å²) in [5, 5.41) is 13.8. The van der Waals surface area contributed by atoms with Gasteiger partial charge in [0.05, 0.1) is 12.0 Å². The largest absolute Gasteiger partial charge is 0.294 e. The number of benzene rings is 1. The molecule has 1 aliphatic rings. The Balaban J connectivity index is 1.71. The van der Waals surface area contributed by atoms with Crippen molar-refractivity contribution in [2.45, 2.75) is 31.3 Å². The molecule has 1 aromatic carbocycles. The van der Waals surface area contributed by atoms with Gasteiger partial charge in [-0.2, -0.15) is 16.6 Å². The van der Waals surface area contributed by atoms with E-state index in [0.29, 0.717) is 6.04 Å². The molecule has 0 amide bonds. The van der Waals surface area contributed by atoms with Crippen LogP contribution in [0, 0.1) is 11.3 Å². The first-order chi connectivity index (χ1) is 9.86. The van der Waals surface area contributed by atoms with Gasteiger partial charge in [-0.25, -0.2) is 0 Å². The van der Waals surface area contributed by atoms with E-state index in [9.17, 15) is 5.26 Å². The highest BCUT2D eigenvalue weighted by atomic mass is 32.1. The van der Waals surface area contributed by atoms with Crippen molar-refractivity contribution < 1.29 is 0 Å². The molecule has 1 unspecified atom stereocenters. The van der Waals surface area contributed by atoms with Crippen LogP contribution in [0.1, 0.15) is 29.9 Å². The van der Waals surface area contributed by atoms with Gasteiger partial charge in [0.2, 0.25) is 0 Å². The van der Waals surface area contributed by atoms with Crippen LogP contribution in [0.3, 0.4) is 0 Å². The third kappa shape index (κ3) is 3.27. The number of hydrogen-bond donors (Lipinski definition) is 0. The number of nitriles is 1. The molecule has 1 fully saturated rings. The minimum atomic E-state index is -0.0320. The smallest absolute Gasteiger partial charge is 0.0839 e. The summed E-state index contributed by atoms with van der Waals surface area (Å²) in [5.74, 6) is -0.0320. The van der Waals surface area contributed by atoms with Crippen LogP contribution in [0.25, 0.3) is 0 Å². The first-order valence-corrected chi connectivity index (χ1v) is 8.01. The van der Waals surface area contributed by atoms with Crippen LogP contribution >= 0.6 is 11.3 Å². The van der Waals surface area contributed by atoms with Crippen LogP contribution in [-0.4, -0.2) is 17.5 Å². The zero-order valence-corrected chi connectivity index (χ0v) is 12.2. The molecule has 3 heteroatoms. The molecular formula is C17H18N2S. The number of nitrogens with zero attached hydrogens (tertiary/aromatic N) is 2. The summed E-state index contributed by atoms with van der Waals surface area (Å²) < 4.78 is 0. The molecule has 1 atom stereocenters. The maximum atomic E-state index is 9.48. The SMILES string of the molecule is N#CC(CN(Cc1ccsc1)C1CC1)c1ccccc1. The molecule has 2 nitrogen and oxygen atoms in total. The molecule has 0 spiro atoms. The fraction of sp³-hybridized carbons (Fsp3) is 0.353. The van der Waals surface area contributed by atoms with E-state index < -0.39 is 0 Å². The average Bonchev–Trinajstić information content (AvgIpc) is 3.22. The van der Waals surface area contributed by atoms with Crippen LogP contribution in [0.2, 0.25) is 0 Å². The Kier molecular flexibility index (Phi) is 4.15. The second-order valence-electron chi connectivity index (χ2n) is 5.38. The summed E-state index contributed by atoms with van der Waals surface area (Å²) in [6.45, 7) is 1.81. The maximum Gasteiger partial charge on any atom is 0.0839 e. The predicted molar refractivity (Wildman–Crippen MR) is 82.5 cm³/mol. The van der Waals surface area contributed by atoms with Crippen LogP contribution in [-0.2, 0) is 6.54 Å². The van der Waals surface area contributed by atoms with Crippen molar-refractivity contribution >= 4 is 11.3 Å². The lowest BCUT2D eigenvalue weighted by Crippen LogP contribution is -2.29. The van der Waals surface area contributed by atoms with Crippen LogP contribution in [0.5, 0.6) is 0 Å². The molecule has 1 heterocycles. The van der Waals surface area contributed by atoms with E-state index in [4.69, 9.17) is 0 Å². The van der Waals surface area contributed by atoms with Crippen molar-refractivity contribution in [3.63, 3.8) is 0 Å². The van der Waals surface area contributed by atoms with E-state index in [1.54, 1.807) is 11.3 Å². The van der Waals surface area contributed by atoms with Gasteiger partial charge in [-0.15, -0.1) is 0 Å². The molecule has 1 aromatic heterocycles. The van der Waals surface area contributed by atoms with E-state index >= 15 is 0 Å². The molecule has 0 bridgehead atoms. The Bertz CT molecular complexity index is 567. The summed E-state index contributed by atoms with van der Waals surface area (Å²) in [7, 11) is 0.